The van der Waals surface area contributed by atoms with Crippen LogP contribution in [0.25, 0.3) is 0 Å². The third-order valence-electron chi connectivity index (χ3n) is 4.06. The van der Waals surface area contributed by atoms with Crippen LogP contribution in [0.1, 0.15) is 51.7 Å². The van der Waals surface area contributed by atoms with Crippen LogP contribution in [-0.2, 0) is 10.8 Å². The molecule has 0 bridgehead atoms. The van der Waals surface area contributed by atoms with E-state index in [1.807, 2.05) is 0 Å². The van der Waals surface area contributed by atoms with Gasteiger partial charge in [0.25, 0.3) is 0 Å². The van der Waals surface area contributed by atoms with Gasteiger partial charge in [-0.3, -0.25) is 0 Å². The summed E-state index contributed by atoms with van der Waals surface area (Å²) in [7, 11) is 0. The van der Waals surface area contributed by atoms with E-state index in [4.69, 9.17) is 0 Å². The van der Waals surface area contributed by atoms with E-state index in [1.165, 1.54) is 11.1 Å². The average molecular weight is 227 g/mol. The summed E-state index contributed by atoms with van der Waals surface area (Å²) in [5, 5.41) is 9.39. The predicted octanol–water partition coefficient (Wildman–Crippen LogP) is 4.18. The minimum Gasteiger partial charge on any atom is -0.197 e. The molecule has 1 aromatic carbocycles. The molecule has 0 spiro atoms. The molecule has 2 atom stereocenters. The Kier molecular flexibility index (Phi) is 2.78. The standard InChI is InChI=1S/C16H21N/c1-5-12-10-16(12,11-17)14-8-6-13(7-9-14)15(2,3)4/h6-9,12H,5,10H2,1-4H3. The minimum absolute atomic E-state index is 0.175. The van der Waals surface area contributed by atoms with E-state index in [9.17, 15) is 5.26 Å². The molecule has 0 N–H and O–H groups in total. The van der Waals surface area contributed by atoms with Crippen molar-refractivity contribution in [2.75, 3.05) is 0 Å². The summed E-state index contributed by atoms with van der Waals surface area (Å²) in [6.07, 6.45) is 2.14. The third kappa shape index (κ3) is 1.97. The van der Waals surface area contributed by atoms with Gasteiger partial charge >= 0.3 is 0 Å². The van der Waals surface area contributed by atoms with Crippen LogP contribution in [0.15, 0.2) is 24.3 Å². The summed E-state index contributed by atoms with van der Waals surface area (Å²) in [6.45, 7) is 8.82. The summed E-state index contributed by atoms with van der Waals surface area (Å²) in [6, 6.07) is 11.2. The molecule has 90 valence electrons. The summed E-state index contributed by atoms with van der Waals surface area (Å²) in [5.41, 5.74) is 2.56. The highest BCUT2D eigenvalue weighted by molar-refractivity contribution is 5.43. The maximum absolute atomic E-state index is 9.39. The van der Waals surface area contributed by atoms with Crippen molar-refractivity contribution < 1.29 is 0 Å². The van der Waals surface area contributed by atoms with Gasteiger partial charge in [-0.1, -0.05) is 58.4 Å². The molecule has 0 saturated heterocycles. The highest BCUT2D eigenvalue weighted by Crippen LogP contribution is 2.55. The Morgan fingerprint density at radius 1 is 1.29 bits per heavy atom. The van der Waals surface area contributed by atoms with Crippen LogP contribution in [-0.4, -0.2) is 0 Å². The van der Waals surface area contributed by atoms with E-state index in [1.54, 1.807) is 0 Å². The quantitative estimate of drug-likeness (QED) is 0.743. The first-order valence-electron chi connectivity index (χ1n) is 6.46. The molecule has 0 heterocycles. The monoisotopic (exact) mass is 227 g/mol. The molecule has 17 heavy (non-hydrogen) atoms. The molecule has 1 aromatic rings. The van der Waals surface area contributed by atoms with Gasteiger partial charge in [0.2, 0.25) is 0 Å². The maximum atomic E-state index is 9.39. The number of rotatable bonds is 2. The zero-order chi connectivity index (χ0) is 12.7. The van der Waals surface area contributed by atoms with E-state index in [-0.39, 0.29) is 10.8 Å². The first-order valence-corrected chi connectivity index (χ1v) is 6.46. The molecule has 0 amide bonds. The highest BCUT2D eigenvalue weighted by atomic mass is 14.6. The van der Waals surface area contributed by atoms with Gasteiger partial charge in [-0.25, -0.2) is 0 Å². The molecule has 0 aromatic heterocycles. The van der Waals surface area contributed by atoms with Crippen molar-refractivity contribution in [3.05, 3.63) is 35.4 Å². The first kappa shape index (κ1) is 12.2. The summed E-state index contributed by atoms with van der Waals surface area (Å²) < 4.78 is 0. The molecule has 0 aliphatic heterocycles. The molecule has 1 heteroatoms. The second-order valence-corrected chi connectivity index (χ2v) is 6.22. The normalized spacial score (nSPS) is 27.6. The number of hydrogen-bond donors (Lipinski definition) is 0. The van der Waals surface area contributed by atoms with Crippen LogP contribution in [0, 0.1) is 17.2 Å². The molecular formula is C16H21N. The van der Waals surface area contributed by atoms with Crippen LogP contribution in [0.2, 0.25) is 0 Å². The number of nitriles is 1. The smallest absolute Gasteiger partial charge is 0.0854 e. The van der Waals surface area contributed by atoms with Gasteiger partial charge in [0.05, 0.1) is 11.5 Å². The summed E-state index contributed by atoms with van der Waals surface area (Å²) in [5.74, 6) is 0.563. The Balaban J connectivity index is 2.29. The molecule has 2 unspecified atom stereocenters. The van der Waals surface area contributed by atoms with Crippen molar-refractivity contribution in [2.24, 2.45) is 5.92 Å². The molecule has 1 aliphatic carbocycles. The van der Waals surface area contributed by atoms with Crippen molar-refractivity contribution in [3.8, 4) is 6.07 Å². The lowest BCUT2D eigenvalue weighted by Gasteiger charge is -2.20. The lowest BCUT2D eigenvalue weighted by Crippen LogP contribution is -2.12. The van der Waals surface area contributed by atoms with Crippen molar-refractivity contribution in [3.63, 3.8) is 0 Å². The zero-order valence-electron chi connectivity index (χ0n) is 11.2. The number of hydrogen-bond acceptors (Lipinski definition) is 1. The summed E-state index contributed by atoms with van der Waals surface area (Å²) in [4.78, 5) is 0. The van der Waals surface area contributed by atoms with Gasteiger partial charge < -0.3 is 0 Å². The molecule has 1 nitrogen and oxygen atoms in total. The van der Waals surface area contributed by atoms with E-state index >= 15 is 0 Å². The van der Waals surface area contributed by atoms with Gasteiger partial charge in [-0.2, -0.15) is 5.26 Å². The van der Waals surface area contributed by atoms with Gasteiger partial charge in [0.1, 0.15) is 0 Å². The van der Waals surface area contributed by atoms with Gasteiger partial charge in [0.15, 0.2) is 0 Å². The van der Waals surface area contributed by atoms with Crippen molar-refractivity contribution in [1.82, 2.24) is 0 Å². The van der Waals surface area contributed by atoms with E-state index in [0.29, 0.717) is 5.92 Å². The molecular weight excluding hydrogens is 206 g/mol. The molecule has 1 aliphatic rings. The largest absolute Gasteiger partial charge is 0.197 e. The second kappa shape index (κ2) is 3.88. The Hall–Kier alpha value is -1.29. The average Bonchev–Trinajstić information content (AvgIpc) is 3.03. The Labute approximate surface area is 104 Å². The molecule has 1 saturated carbocycles. The van der Waals surface area contributed by atoms with Crippen molar-refractivity contribution in [2.45, 2.75) is 51.4 Å². The maximum Gasteiger partial charge on any atom is 0.0854 e. The van der Waals surface area contributed by atoms with Crippen LogP contribution in [0.3, 0.4) is 0 Å². The van der Waals surface area contributed by atoms with Gasteiger partial charge in [-0.05, 0) is 28.9 Å². The van der Waals surface area contributed by atoms with Crippen LogP contribution < -0.4 is 0 Å². The third-order valence-corrected chi connectivity index (χ3v) is 4.06. The van der Waals surface area contributed by atoms with E-state index < -0.39 is 0 Å². The van der Waals surface area contributed by atoms with E-state index in [2.05, 4.69) is 58.0 Å². The first-order chi connectivity index (χ1) is 7.94. The lowest BCUT2D eigenvalue weighted by molar-refractivity contribution is 0.589. The number of nitrogens with zero attached hydrogens (tertiary/aromatic N) is 1. The highest BCUT2D eigenvalue weighted by Gasteiger charge is 2.54. The SMILES string of the molecule is CCC1CC1(C#N)c1ccc(C(C)(C)C)cc1. The minimum atomic E-state index is -0.175. The Bertz CT molecular complexity index is 444. The van der Waals surface area contributed by atoms with E-state index in [0.717, 1.165) is 12.8 Å². The second-order valence-electron chi connectivity index (χ2n) is 6.22. The van der Waals surface area contributed by atoms with Crippen molar-refractivity contribution in [1.29, 1.82) is 5.26 Å². The van der Waals surface area contributed by atoms with Crippen LogP contribution in [0.4, 0.5) is 0 Å². The molecule has 0 radical (unpaired) electrons. The van der Waals surface area contributed by atoms with Gasteiger partial charge in [0, 0.05) is 0 Å². The van der Waals surface area contributed by atoms with Crippen molar-refractivity contribution >= 4 is 0 Å². The fourth-order valence-electron chi connectivity index (χ4n) is 2.65. The Morgan fingerprint density at radius 2 is 1.88 bits per heavy atom. The zero-order valence-corrected chi connectivity index (χ0v) is 11.2. The van der Waals surface area contributed by atoms with Crippen LogP contribution >= 0.6 is 0 Å². The summed E-state index contributed by atoms with van der Waals surface area (Å²) >= 11 is 0. The fourth-order valence-corrected chi connectivity index (χ4v) is 2.65. The molecule has 2 rings (SSSR count). The predicted molar refractivity (Wildman–Crippen MR) is 70.8 cm³/mol. The lowest BCUT2D eigenvalue weighted by atomic mass is 9.84. The molecule has 1 fully saturated rings. The van der Waals surface area contributed by atoms with Gasteiger partial charge in [-0.15, -0.1) is 0 Å². The topological polar surface area (TPSA) is 23.8 Å². The van der Waals surface area contributed by atoms with Crippen LogP contribution in [0.5, 0.6) is 0 Å². The number of benzene rings is 1. The Morgan fingerprint density at radius 3 is 2.24 bits per heavy atom. The fraction of sp³-hybridized carbons (Fsp3) is 0.562.